The molecule has 0 saturated carbocycles. The number of ether oxygens (including phenoxy) is 2. The van der Waals surface area contributed by atoms with Crippen molar-refractivity contribution in [2.75, 3.05) is 14.2 Å². The average molecular weight is 469 g/mol. The number of nitrogens with two attached hydrogens (primary N) is 1. The van der Waals surface area contributed by atoms with Gasteiger partial charge in [0.15, 0.2) is 17.4 Å². The third kappa shape index (κ3) is 14.0. The van der Waals surface area contributed by atoms with Crippen LogP contribution in [0.15, 0.2) is 72.8 Å². The second-order valence-electron chi connectivity index (χ2n) is 6.67. The summed E-state index contributed by atoms with van der Waals surface area (Å²) in [5.41, 5.74) is 10.9. The Morgan fingerprint density at radius 1 is 0.765 bits per heavy atom. The number of aliphatic hydroxyl groups is 1. The van der Waals surface area contributed by atoms with Crippen LogP contribution in [-0.2, 0) is 35.8 Å². The van der Waals surface area contributed by atoms with Gasteiger partial charge >= 0.3 is 18.9 Å². The quantitative estimate of drug-likeness (QED) is 0.491. The molecule has 0 radical (unpaired) electrons. The van der Waals surface area contributed by atoms with Crippen LogP contribution in [0.3, 0.4) is 0 Å². The first-order valence-corrected chi connectivity index (χ1v) is 9.94. The first-order chi connectivity index (χ1) is 15.6. The minimum absolute atomic E-state index is 0. The van der Waals surface area contributed by atoms with Gasteiger partial charge < -0.3 is 21.7 Å². The van der Waals surface area contributed by atoms with Crippen LogP contribution in [-0.4, -0.2) is 36.7 Å². The van der Waals surface area contributed by atoms with Gasteiger partial charge in [0.05, 0.1) is 43.1 Å². The van der Waals surface area contributed by atoms with Crippen molar-refractivity contribution in [2.24, 2.45) is 5.73 Å². The van der Waals surface area contributed by atoms with Crippen molar-refractivity contribution in [2.45, 2.75) is 26.4 Å². The van der Waals surface area contributed by atoms with Crippen LogP contribution in [0.2, 0.25) is 0 Å². The molecule has 0 amide bonds. The van der Waals surface area contributed by atoms with Crippen molar-refractivity contribution < 1.29 is 34.9 Å². The van der Waals surface area contributed by atoms with Gasteiger partial charge in [-0.3, -0.25) is 0 Å². The third-order valence-electron chi connectivity index (χ3n) is 4.14. The monoisotopic (exact) mass is 469 g/mol. The van der Waals surface area contributed by atoms with Gasteiger partial charge in [-0.15, -0.1) is 0 Å². The Morgan fingerprint density at radius 2 is 1.18 bits per heavy atom. The van der Waals surface area contributed by atoms with E-state index in [0.29, 0.717) is 30.9 Å². The number of hydrogen-bond acceptors (Lipinski definition) is 6. The third-order valence-corrected chi connectivity index (χ3v) is 4.14. The molecule has 0 bridgehead atoms. The fourth-order valence-corrected chi connectivity index (χ4v) is 2.65. The predicted molar refractivity (Wildman–Crippen MR) is 135 cm³/mol. The summed E-state index contributed by atoms with van der Waals surface area (Å²) in [6.07, 6.45) is 0. The average Bonchev–Trinajstić information content (AvgIpc) is 2.85. The van der Waals surface area contributed by atoms with Gasteiger partial charge in [0.25, 0.3) is 0 Å². The number of hydrogen-bond donors (Lipinski definition) is 2. The number of aliphatic hydroxyl groups excluding tert-OH is 1. The number of nitrogens with zero attached hydrogens (tertiary/aromatic N) is 2. The van der Waals surface area contributed by atoms with E-state index in [1.807, 2.05) is 42.5 Å². The first-order valence-electron chi connectivity index (χ1n) is 9.94. The zero-order valence-electron chi connectivity index (χ0n) is 20.5. The molecule has 0 aliphatic carbocycles. The molecule has 8 heteroatoms. The van der Waals surface area contributed by atoms with Gasteiger partial charge in [0.2, 0.25) is 0 Å². The van der Waals surface area contributed by atoms with E-state index in [1.54, 1.807) is 44.6 Å². The molecule has 3 aromatic carbocycles. The molecule has 3 rings (SSSR count). The molecule has 34 heavy (non-hydrogen) atoms. The van der Waals surface area contributed by atoms with Gasteiger partial charge in [-0.1, -0.05) is 48.5 Å². The number of benzene rings is 3. The molecule has 3 aromatic rings. The molecular weight excluding hydrogens is 436 g/mol. The molecule has 0 atom stereocenters. The second-order valence-corrected chi connectivity index (χ2v) is 6.67. The minimum atomic E-state index is -0.00444. The maximum Gasteiger partial charge on any atom is 1.00 e. The van der Waals surface area contributed by atoms with E-state index in [4.69, 9.17) is 30.8 Å². The van der Waals surface area contributed by atoms with Crippen LogP contribution in [0, 0.1) is 22.7 Å². The first kappa shape index (κ1) is 33.8. The molecule has 174 valence electrons. The zero-order chi connectivity index (χ0) is 23.6. The molecular formula is C26H33AlLiN3O3. The van der Waals surface area contributed by atoms with E-state index in [2.05, 4.69) is 12.1 Å². The van der Waals surface area contributed by atoms with Crippen molar-refractivity contribution in [3.05, 3.63) is 106 Å². The maximum absolute atomic E-state index is 8.65. The van der Waals surface area contributed by atoms with Crippen molar-refractivity contribution in [3.63, 3.8) is 0 Å². The smallest absolute Gasteiger partial charge is 1.00 e. The van der Waals surface area contributed by atoms with Crippen molar-refractivity contribution >= 4 is 17.4 Å². The zero-order valence-corrected chi connectivity index (χ0v) is 19.5. The van der Waals surface area contributed by atoms with Crippen molar-refractivity contribution in [1.29, 1.82) is 10.5 Å². The van der Waals surface area contributed by atoms with E-state index < -0.39 is 0 Å². The van der Waals surface area contributed by atoms with Gasteiger partial charge in [-0.2, -0.15) is 10.5 Å². The van der Waals surface area contributed by atoms with E-state index >= 15 is 0 Å². The van der Waals surface area contributed by atoms with E-state index in [-0.39, 0.29) is 44.3 Å². The Kier molecular flexibility index (Phi) is 21.0. The van der Waals surface area contributed by atoms with Gasteiger partial charge in [-0.05, 0) is 46.5 Å². The summed E-state index contributed by atoms with van der Waals surface area (Å²) in [5, 5.41) is 25.6. The summed E-state index contributed by atoms with van der Waals surface area (Å²) >= 11 is 0. The summed E-state index contributed by atoms with van der Waals surface area (Å²) < 4.78 is 9.90. The van der Waals surface area contributed by atoms with Gasteiger partial charge in [-0.25, -0.2) is 0 Å². The molecule has 3 N–H and O–H groups in total. The molecule has 0 saturated heterocycles. The summed E-state index contributed by atoms with van der Waals surface area (Å²) in [4.78, 5) is 0. The van der Waals surface area contributed by atoms with Gasteiger partial charge in [0, 0.05) is 20.8 Å². The summed E-state index contributed by atoms with van der Waals surface area (Å²) in [5.74, 6) is 0. The van der Waals surface area contributed by atoms with E-state index in [9.17, 15) is 0 Å². The minimum Gasteiger partial charge on any atom is -1.00 e. The topological polar surface area (TPSA) is 112 Å². The maximum atomic E-state index is 8.65. The fraction of sp³-hybridized carbons (Fsp3) is 0.231. The standard InChI is InChI=1S/C9H13NO.C9H9NO.C8H7NO.Al.Li.4H/c2*1-11-7-9-4-2-3-8(5-9)6-10;9-5-7-2-1-3-8(4-7)6-10;;;;;;/h2-5H,6-7,10H2,1H3;2-5H,7H2,1H3;1-4,10H,6H2;;;;;;/q;;;;+1;;;;-1. The Hall–Kier alpha value is -2.39. The Morgan fingerprint density at radius 3 is 1.62 bits per heavy atom. The molecule has 0 aliphatic heterocycles. The molecule has 0 aromatic heterocycles. The fourth-order valence-electron chi connectivity index (χ4n) is 2.65. The van der Waals surface area contributed by atoms with Crippen LogP contribution >= 0.6 is 0 Å². The summed E-state index contributed by atoms with van der Waals surface area (Å²) in [6.45, 7) is 1.82. The molecule has 0 spiro atoms. The molecule has 0 aliphatic rings. The van der Waals surface area contributed by atoms with E-state index in [1.165, 1.54) is 5.56 Å². The Balaban J connectivity index is -0.000000421. The van der Waals surface area contributed by atoms with Crippen LogP contribution in [0.5, 0.6) is 0 Å². The summed E-state index contributed by atoms with van der Waals surface area (Å²) in [6, 6.07) is 26.5. The molecule has 0 fully saturated rings. The Labute approximate surface area is 226 Å². The molecule has 6 nitrogen and oxygen atoms in total. The molecule has 0 unspecified atom stereocenters. The summed E-state index contributed by atoms with van der Waals surface area (Å²) in [7, 11) is 3.33. The number of methoxy groups -OCH3 is 2. The number of rotatable bonds is 6. The van der Waals surface area contributed by atoms with Crippen LogP contribution in [0.4, 0.5) is 0 Å². The van der Waals surface area contributed by atoms with Crippen LogP contribution in [0.1, 0.15) is 34.8 Å². The second kappa shape index (κ2) is 21.2. The predicted octanol–water partition coefficient (Wildman–Crippen LogP) is -0.0204. The van der Waals surface area contributed by atoms with Gasteiger partial charge in [0.1, 0.15) is 0 Å². The van der Waals surface area contributed by atoms with Crippen LogP contribution in [0.25, 0.3) is 0 Å². The van der Waals surface area contributed by atoms with Crippen molar-refractivity contribution in [1.82, 2.24) is 0 Å². The SMILES string of the molecule is COCc1cccc(C#N)c1.COCc1cccc(CN)c1.N#Cc1cccc(CO)c1.[AlH3].[H-].[Li+]. The van der Waals surface area contributed by atoms with Crippen molar-refractivity contribution in [3.8, 4) is 12.1 Å². The normalized spacial score (nSPS) is 8.76. The number of nitriles is 2. The molecule has 0 heterocycles. The largest absolute Gasteiger partial charge is 1.00 e. The van der Waals surface area contributed by atoms with E-state index in [0.717, 1.165) is 16.7 Å². The Bertz CT molecular complexity index is 1040. The van der Waals surface area contributed by atoms with Crippen LogP contribution < -0.4 is 24.6 Å².